The highest BCUT2D eigenvalue weighted by Crippen LogP contribution is 2.46. The Balaban J connectivity index is 2.14. The number of hydrogen-bond acceptors (Lipinski definition) is 3. The first kappa shape index (κ1) is 16.3. The van der Waals surface area contributed by atoms with Gasteiger partial charge in [0.15, 0.2) is 0 Å². The molecule has 1 aromatic rings. The fraction of sp³-hybridized carbons (Fsp3) is 0.750. The normalized spacial score (nSPS) is 29.9. The largest absolute Gasteiger partial charge is 0.329 e. The molecule has 1 aliphatic carbocycles. The van der Waals surface area contributed by atoms with Crippen molar-refractivity contribution in [3.63, 3.8) is 0 Å². The average molecular weight is 315 g/mol. The van der Waals surface area contributed by atoms with Crippen molar-refractivity contribution in [2.45, 2.75) is 52.1 Å². The number of likely N-dealkylation sites (N-methyl/N-ethyl adjacent to an activating group) is 1. The Hall–Kier alpha value is -0.0900. The van der Waals surface area contributed by atoms with Crippen molar-refractivity contribution in [3.05, 3.63) is 21.3 Å². The molecule has 1 heterocycles. The maximum absolute atomic E-state index is 6.21. The highest BCUT2D eigenvalue weighted by molar-refractivity contribution is 7.16. The van der Waals surface area contributed by atoms with E-state index in [1.807, 2.05) is 6.07 Å². The summed E-state index contributed by atoms with van der Waals surface area (Å²) in [5.41, 5.74) is 6.79. The van der Waals surface area contributed by atoms with Crippen LogP contribution in [0, 0.1) is 11.3 Å². The third-order valence-corrected chi connectivity index (χ3v) is 6.36. The van der Waals surface area contributed by atoms with E-state index in [9.17, 15) is 0 Å². The molecule has 2 rings (SSSR count). The van der Waals surface area contributed by atoms with Gasteiger partial charge in [0.1, 0.15) is 0 Å². The second kappa shape index (κ2) is 5.96. The Bertz CT molecular complexity index is 457. The van der Waals surface area contributed by atoms with Gasteiger partial charge in [0.25, 0.3) is 0 Å². The first-order valence-corrected chi connectivity index (χ1v) is 8.64. The van der Waals surface area contributed by atoms with Crippen LogP contribution >= 0.6 is 22.9 Å². The molecule has 1 fully saturated rings. The minimum absolute atomic E-state index is 0.131. The van der Waals surface area contributed by atoms with Crippen LogP contribution in [-0.4, -0.2) is 24.0 Å². The maximum Gasteiger partial charge on any atom is 0.0931 e. The van der Waals surface area contributed by atoms with E-state index < -0.39 is 0 Å². The molecular weight excluding hydrogens is 288 g/mol. The van der Waals surface area contributed by atoms with Crippen molar-refractivity contribution in [1.29, 1.82) is 0 Å². The van der Waals surface area contributed by atoms with Gasteiger partial charge in [0.2, 0.25) is 0 Å². The third-order valence-electron chi connectivity index (χ3n) is 5.15. The van der Waals surface area contributed by atoms with Gasteiger partial charge < -0.3 is 5.73 Å². The van der Waals surface area contributed by atoms with E-state index in [-0.39, 0.29) is 5.54 Å². The summed E-state index contributed by atoms with van der Waals surface area (Å²) in [6.45, 7) is 8.80. The highest BCUT2D eigenvalue weighted by Gasteiger charge is 2.45. The smallest absolute Gasteiger partial charge is 0.0931 e. The maximum atomic E-state index is 6.21. The number of halogens is 1. The van der Waals surface area contributed by atoms with E-state index >= 15 is 0 Å². The van der Waals surface area contributed by atoms with E-state index in [2.05, 4.69) is 38.8 Å². The number of nitrogens with zero attached hydrogens (tertiary/aromatic N) is 1. The third kappa shape index (κ3) is 3.22. The van der Waals surface area contributed by atoms with Crippen LogP contribution in [0.1, 0.15) is 44.9 Å². The Kier molecular flexibility index (Phi) is 4.85. The second-order valence-corrected chi connectivity index (χ2v) is 8.94. The zero-order valence-corrected chi connectivity index (χ0v) is 14.7. The van der Waals surface area contributed by atoms with Gasteiger partial charge in [-0.15, -0.1) is 11.3 Å². The molecule has 2 N–H and O–H groups in total. The van der Waals surface area contributed by atoms with Gasteiger partial charge in [-0.1, -0.05) is 32.4 Å². The molecule has 2 unspecified atom stereocenters. The Morgan fingerprint density at radius 3 is 2.60 bits per heavy atom. The van der Waals surface area contributed by atoms with Crippen molar-refractivity contribution >= 4 is 22.9 Å². The van der Waals surface area contributed by atoms with Crippen molar-refractivity contribution in [2.24, 2.45) is 17.1 Å². The second-order valence-electron chi connectivity index (χ2n) is 7.14. The van der Waals surface area contributed by atoms with Gasteiger partial charge in [0.05, 0.1) is 4.34 Å². The Morgan fingerprint density at radius 2 is 2.10 bits per heavy atom. The molecular formula is C16H27ClN2S. The number of nitrogens with two attached hydrogens (primary N) is 1. The lowest BCUT2D eigenvalue weighted by Gasteiger charge is -2.52. The van der Waals surface area contributed by atoms with Crippen LogP contribution in [0.5, 0.6) is 0 Å². The lowest BCUT2D eigenvalue weighted by molar-refractivity contribution is -0.0112. The number of hydrogen-bond donors (Lipinski definition) is 1. The molecule has 0 saturated heterocycles. The van der Waals surface area contributed by atoms with Crippen LogP contribution in [-0.2, 0) is 6.54 Å². The molecule has 2 atom stereocenters. The fourth-order valence-corrected chi connectivity index (χ4v) is 4.92. The monoisotopic (exact) mass is 314 g/mol. The predicted molar refractivity (Wildman–Crippen MR) is 89.4 cm³/mol. The molecule has 1 aliphatic rings. The molecule has 0 amide bonds. The summed E-state index contributed by atoms with van der Waals surface area (Å²) in [5.74, 6) is 0.622. The molecule has 1 aromatic heterocycles. The minimum atomic E-state index is 0.131. The van der Waals surface area contributed by atoms with Crippen LogP contribution in [0.2, 0.25) is 4.34 Å². The first-order valence-electron chi connectivity index (χ1n) is 7.45. The minimum Gasteiger partial charge on any atom is -0.329 e. The molecule has 1 saturated carbocycles. The number of thiophene rings is 1. The van der Waals surface area contributed by atoms with Crippen LogP contribution in [0.25, 0.3) is 0 Å². The summed E-state index contributed by atoms with van der Waals surface area (Å²) >= 11 is 7.71. The van der Waals surface area contributed by atoms with E-state index in [0.717, 1.165) is 17.4 Å². The fourth-order valence-electron chi connectivity index (χ4n) is 3.78. The molecule has 0 spiro atoms. The van der Waals surface area contributed by atoms with Crippen molar-refractivity contribution < 1.29 is 0 Å². The van der Waals surface area contributed by atoms with Gasteiger partial charge in [-0.25, -0.2) is 0 Å². The summed E-state index contributed by atoms with van der Waals surface area (Å²) in [6, 6.07) is 4.11. The quantitative estimate of drug-likeness (QED) is 0.893. The zero-order chi connectivity index (χ0) is 15.0. The van der Waals surface area contributed by atoms with Gasteiger partial charge in [0, 0.05) is 23.5 Å². The highest BCUT2D eigenvalue weighted by atomic mass is 35.5. The molecule has 4 heteroatoms. The summed E-state index contributed by atoms with van der Waals surface area (Å²) < 4.78 is 0.869. The molecule has 114 valence electrons. The van der Waals surface area contributed by atoms with Crippen LogP contribution in [0.4, 0.5) is 0 Å². The summed E-state index contributed by atoms with van der Waals surface area (Å²) in [6.07, 6.45) is 3.69. The zero-order valence-electron chi connectivity index (χ0n) is 13.1. The van der Waals surface area contributed by atoms with Crippen LogP contribution in [0.15, 0.2) is 12.1 Å². The molecule has 20 heavy (non-hydrogen) atoms. The lowest BCUT2D eigenvalue weighted by atomic mass is 9.63. The molecule has 0 aliphatic heterocycles. The van der Waals surface area contributed by atoms with E-state index in [4.69, 9.17) is 17.3 Å². The van der Waals surface area contributed by atoms with Crippen molar-refractivity contribution in [1.82, 2.24) is 4.90 Å². The standard InChI is InChI=1S/C16H27ClN2S/c1-12-9-15(2,3)7-8-16(12,11-18)19(4)10-13-5-6-14(17)20-13/h5-6,12H,7-11,18H2,1-4H3. The molecule has 0 radical (unpaired) electrons. The van der Waals surface area contributed by atoms with Gasteiger partial charge in [-0.2, -0.15) is 0 Å². The molecule has 2 nitrogen and oxygen atoms in total. The Labute approximate surface area is 132 Å². The van der Waals surface area contributed by atoms with Crippen molar-refractivity contribution in [3.8, 4) is 0 Å². The van der Waals surface area contributed by atoms with Gasteiger partial charge >= 0.3 is 0 Å². The lowest BCUT2D eigenvalue weighted by Crippen LogP contribution is -2.59. The van der Waals surface area contributed by atoms with Crippen LogP contribution < -0.4 is 5.73 Å². The van der Waals surface area contributed by atoms with Crippen LogP contribution in [0.3, 0.4) is 0 Å². The first-order chi connectivity index (χ1) is 9.29. The summed E-state index contributed by atoms with van der Waals surface area (Å²) in [4.78, 5) is 3.79. The SMILES string of the molecule is CC1CC(C)(C)CCC1(CN)N(C)Cc1ccc(Cl)s1. The summed E-state index contributed by atoms with van der Waals surface area (Å²) in [7, 11) is 2.22. The summed E-state index contributed by atoms with van der Waals surface area (Å²) in [5, 5.41) is 0. The van der Waals surface area contributed by atoms with Gasteiger partial charge in [-0.3, -0.25) is 4.90 Å². The predicted octanol–water partition coefficient (Wildman–Crippen LogP) is 4.38. The number of rotatable bonds is 4. The van der Waals surface area contributed by atoms with E-state index in [1.165, 1.54) is 24.1 Å². The topological polar surface area (TPSA) is 29.3 Å². The van der Waals surface area contributed by atoms with E-state index in [0.29, 0.717) is 11.3 Å². The van der Waals surface area contributed by atoms with E-state index in [1.54, 1.807) is 11.3 Å². The van der Waals surface area contributed by atoms with Crippen molar-refractivity contribution in [2.75, 3.05) is 13.6 Å². The average Bonchev–Trinajstić information content (AvgIpc) is 2.74. The molecule has 0 bridgehead atoms. The Morgan fingerprint density at radius 1 is 1.40 bits per heavy atom. The molecule has 0 aromatic carbocycles. The van der Waals surface area contributed by atoms with Gasteiger partial charge in [-0.05, 0) is 49.8 Å².